The highest BCUT2D eigenvalue weighted by Crippen LogP contribution is 2.41. The van der Waals surface area contributed by atoms with E-state index in [-0.39, 0.29) is 11.3 Å². The van der Waals surface area contributed by atoms with Crippen molar-refractivity contribution < 1.29 is 46.6 Å². The summed E-state index contributed by atoms with van der Waals surface area (Å²) in [5.74, 6) is 0.756. The highest BCUT2D eigenvalue weighted by atomic mass is 32.7. The Morgan fingerprint density at radius 1 is 0.872 bits per heavy atom. The van der Waals surface area contributed by atoms with Crippen LogP contribution in [0.4, 0.5) is 20.4 Å². The van der Waals surface area contributed by atoms with Crippen LogP contribution in [0.2, 0.25) is 0 Å². The van der Waals surface area contributed by atoms with Gasteiger partial charge in [0.1, 0.15) is 37.1 Å². The number of fused-ring (bicyclic) bond motifs is 2. The van der Waals surface area contributed by atoms with Crippen molar-refractivity contribution in [1.82, 2.24) is 39.0 Å². The van der Waals surface area contributed by atoms with Gasteiger partial charge in [0.2, 0.25) is 7.23 Å². The normalized spacial score (nSPS) is 28.6. The number of aliphatic hydroxyl groups is 2. The first kappa shape index (κ1) is 33.6. The molecule has 6 heterocycles. The van der Waals surface area contributed by atoms with E-state index in [9.17, 15) is 19.3 Å². The molecule has 2 saturated heterocycles. The number of thiol groups is 1. The molecule has 0 saturated carbocycles. The molecule has 6 rings (SSSR count). The zero-order valence-electron chi connectivity index (χ0n) is 24.0. The van der Waals surface area contributed by atoms with Crippen molar-refractivity contribution in [3.63, 3.8) is 0 Å². The Kier molecular flexibility index (Phi) is 10.6. The fraction of sp³-hybridized carbons (Fsp3) is 0.500. The predicted octanol–water partition coefficient (Wildman–Crippen LogP) is 1.80. The largest absolute Gasteiger partial charge is 0.394 e. The maximum Gasteiger partial charge on any atom is 0.327 e. The molecule has 0 spiro atoms. The number of hydrogen-bond acceptors (Lipinski definition) is 16. The number of anilines is 2. The number of ether oxygens (including phenoxy) is 2. The van der Waals surface area contributed by atoms with Gasteiger partial charge in [-0.1, -0.05) is 24.4 Å². The fourth-order valence-electron chi connectivity index (χ4n) is 5.38. The van der Waals surface area contributed by atoms with E-state index in [4.69, 9.17) is 18.5 Å². The summed E-state index contributed by atoms with van der Waals surface area (Å²) in [5, 5.41) is 25.4. The number of nitrogens with zero attached hydrogens (tertiary/aromatic N) is 8. The lowest BCUT2D eigenvalue weighted by Gasteiger charge is -2.16. The molecule has 0 aliphatic carbocycles. The van der Waals surface area contributed by atoms with Crippen LogP contribution in [0, 0.1) is 0 Å². The second-order valence-corrected chi connectivity index (χ2v) is 12.4. The second kappa shape index (κ2) is 14.9. The van der Waals surface area contributed by atoms with E-state index in [2.05, 4.69) is 52.8 Å². The molecule has 1 unspecified atom stereocenters. The van der Waals surface area contributed by atoms with Gasteiger partial charge in [-0.15, -0.1) is 0 Å². The first-order valence-corrected chi connectivity index (χ1v) is 17.4. The average molecular weight is 717 g/mol. The molecule has 9 atom stereocenters. The average Bonchev–Trinajstić information content (AvgIpc) is 3.84. The van der Waals surface area contributed by atoms with Gasteiger partial charge in [-0.05, 0) is 0 Å². The van der Waals surface area contributed by atoms with Crippen LogP contribution in [-0.2, 0) is 27.7 Å². The first-order valence-electron chi connectivity index (χ1n) is 14.0. The Balaban J connectivity index is 1.07. The molecule has 47 heavy (non-hydrogen) atoms. The van der Waals surface area contributed by atoms with Crippen LogP contribution in [0.15, 0.2) is 37.5 Å². The zero-order chi connectivity index (χ0) is 33.1. The van der Waals surface area contributed by atoms with Gasteiger partial charge < -0.3 is 34.8 Å². The van der Waals surface area contributed by atoms with Gasteiger partial charge in [-0.2, -0.15) is 0 Å². The van der Waals surface area contributed by atoms with Crippen molar-refractivity contribution in [2.75, 3.05) is 36.9 Å². The third kappa shape index (κ3) is 6.72. The Hall–Kier alpha value is -3.26. The van der Waals surface area contributed by atoms with E-state index in [1.807, 2.05) is 12.2 Å². The number of imidazole rings is 2. The molecular weight excluding hydrogens is 688 g/mol. The van der Waals surface area contributed by atoms with E-state index in [0.29, 0.717) is 35.8 Å². The van der Waals surface area contributed by atoms with E-state index in [1.165, 1.54) is 34.4 Å². The number of rotatable bonds is 14. The lowest BCUT2D eigenvalue weighted by atomic mass is 10.1. The maximum atomic E-state index is 15.2. The Morgan fingerprint density at radius 3 is 1.83 bits per heavy atom. The predicted molar refractivity (Wildman–Crippen MR) is 164 cm³/mol. The first-order chi connectivity index (χ1) is 22.9. The molecule has 0 radical (unpaired) electrons. The Morgan fingerprint density at radius 2 is 1.36 bits per heavy atom. The molecule has 0 bridgehead atoms. The molecule has 252 valence electrons. The van der Waals surface area contributed by atoms with Crippen LogP contribution in [0.5, 0.6) is 0 Å². The summed E-state index contributed by atoms with van der Waals surface area (Å²) in [7, 11) is -3.52. The Bertz CT molecular complexity index is 1770. The van der Waals surface area contributed by atoms with Gasteiger partial charge in [-0.25, -0.2) is 43.2 Å². The monoisotopic (exact) mass is 716 g/mol. The van der Waals surface area contributed by atoms with Crippen molar-refractivity contribution in [2.24, 2.45) is 0 Å². The number of aromatic nitrogens is 8. The number of halogens is 2. The number of nitrogens with one attached hydrogen (secondary N) is 2. The Labute approximate surface area is 271 Å². The van der Waals surface area contributed by atoms with Crippen LogP contribution in [0.3, 0.4) is 0 Å². The third-order valence-electron chi connectivity index (χ3n) is 7.50. The van der Waals surface area contributed by atoms with Gasteiger partial charge in [-0.3, -0.25) is 18.2 Å². The minimum atomic E-state index is -2.79. The summed E-state index contributed by atoms with van der Waals surface area (Å²) >= 11 is 3.71. The second-order valence-electron chi connectivity index (χ2n) is 10.2. The summed E-state index contributed by atoms with van der Waals surface area (Å²) in [6, 6.07) is 0. The smallest absolute Gasteiger partial charge is 0.327 e. The molecule has 2 aliphatic heterocycles. The molecule has 0 amide bonds. The van der Waals surface area contributed by atoms with Gasteiger partial charge in [0.25, 0.3) is 0 Å². The highest BCUT2D eigenvalue weighted by molar-refractivity contribution is 8.39. The third-order valence-corrected chi connectivity index (χ3v) is 8.62. The van der Waals surface area contributed by atoms with Crippen molar-refractivity contribution in [3.8, 4) is 0 Å². The molecule has 0 aromatic carbocycles. The number of hydrogen-bond donors (Lipinski definition) is 5. The van der Waals surface area contributed by atoms with Crippen molar-refractivity contribution >= 4 is 62.1 Å². The molecule has 2 fully saturated rings. The molecule has 23 heteroatoms. The van der Waals surface area contributed by atoms with Crippen LogP contribution < -0.4 is 10.6 Å². The zero-order valence-corrected chi connectivity index (χ0v) is 26.8. The lowest BCUT2D eigenvalue weighted by Crippen LogP contribution is -2.31. The van der Waals surface area contributed by atoms with Gasteiger partial charge >= 0.3 is 8.69 Å². The van der Waals surface area contributed by atoms with Crippen molar-refractivity contribution in [3.05, 3.63) is 37.5 Å². The van der Waals surface area contributed by atoms with E-state index >= 15 is 8.78 Å². The minimum Gasteiger partial charge on any atom is -0.394 e. The van der Waals surface area contributed by atoms with Crippen LogP contribution in [0.25, 0.3) is 22.3 Å². The van der Waals surface area contributed by atoms with E-state index in [0.717, 1.165) is 0 Å². The lowest BCUT2D eigenvalue weighted by molar-refractivity contribution is -0.0427. The molecule has 4 aromatic heterocycles. The van der Waals surface area contributed by atoms with Gasteiger partial charge in [0.05, 0.1) is 25.9 Å². The summed E-state index contributed by atoms with van der Waals surface area (Å²) in [6.45, 7) is -0.423. The van der Waals surface area contributed by atoms with Crippen LogP contribution in [-0.4, -0.2) is 112 Å². The van der Waals surface area contributed by atoms with Crippen molar-refractivity contribution in [1.29, 1.82) is 0 Å². The summed E-state index contributed by atoms with van der Waals surface area (Å²) in [5.41, 5.74) is 1.25. The van der Waals surface area contributed by atoms with Gasteiger partial charge in [0.15, 0.2) is 58.8 Å². The number of alkyl halides is 2. The summed E-state index contributed by atoms with van der Waals surface area (Å²) in [6.07, 6.45) is -1.70. The SMILES string of the molecule is O=PO[C@H]1[C@@H](F)[C@H](n2cnc3c(NC/C=C/CNc4ncnc5c4ncn5[C@@H]4O[C@H](CO)[C@@H](O[PH](=O)S)[C@H]4F)ncnc32)O[C@@H]1CO. The quantitative estimate of drug-likeness (QED) is 0.0713. The highest BCUT2D eigenvalue weighted by Gasteiger charge is 2.49. The van der Waals surface area contributed by atoms with Crippen LogP contribution in [0.1, 0.15) is 12.5 Å². The van der Waals surface area contributed by atoms with Crippen LogP contribution >= 0.6 is 28.2 Å². The van der Waals surface area contributed by atoms with E-state index in [1.54, 1.807) is 0 Å². The fourth-order valence-corrected chi connectivity index (χ4v) is 6.61. The van der Waals surface area contributed by atoms with Crippen molar-refractivity contribution in [2.45, 2.75) is 49.2 Å². The number of aliphatic hydroxyl groups excluding tert-OH is 2. The molecule has 2 aliphatic rings. The summed E-state index contributed by atoms with van der Waals surface area (Å²) in [4.78, 5) is 25.4. The molecule has 4 aromatic rings. The maximum absolute atomic E-state index is 15.2. The minimum absolute atomic E-state index is 0.269. The molecule has 4 N–H and O–H groups in total. The van der Waals surface area contributed by atoms with Gasteiger partial charge in [0, 0.05) is 13.1 Å². The topological polar surface area (TPSA) is 223 Å². The molecular formula is C24H28F2N10O8P2S. The summed E-state index contributed by atoms with van der Waals surface area (Å²) < 4.78 is 76.6. The van der Waals surface area contributed by atoms with E-state index < -0.39 is 78.3 Å². The molecule has 18 nitrogen and oxygen atoms in total. The standard InChI is InChI=1S/C24H28F2N10O8P2S/c25-13-17(43-45-39)11(5-37)41-23(13)35-9-33-15-19(29-7-31-21(15)35)27-3-1-2-4-28-20-16-22(32-8-30-20)36(10-34-16)24-14(26)18(44-46(40)47)12(6-38)42-24/h1-2,7-14,17-18,23-24,37-38,46H,3-6H2,(H,40,47)(H,27,29,31)(H,28,30,32)/b2-1+/t11-,12-,13-,14-,17-,18-,23-,24-/m1/s1.